The molecule has 216 valence electrons. The van der Waals surface area contributed by atoms with Crippen molar-refractivity contribution in [3.8, 4) is 6.07 Å². The van der Waals surface area contributed by atoms with Crippen LogP contribution in [-0.2, 0) is 19.2 Å². The van der Waals surface area contributed by atoms with Crippen LogP contribution in [0.1, 0.15) is 93.4 Å². The van der Waals surface area contributed by atoms with Gasteiger partial charge in [0, 0.05) is 16.7 Å². The first-order valence-electron chi connectivity index (χ1n) is 14.8. The Morgan fingerprint density at radius 1 is 1.02 bits per heavy atom. The number of hydrogen-bond acceptors (Lipinski definition) is 5. The molecule has 2 N–H and O–H groups in total. The molecule has 0 aromatic rings. The van der Waals surface area contributed by atoms with Crippen LogP contribution < -0.4 is 5.32 Å². The van der Waals surface area contributed by atoms with Gasteiger partial charge in [-0.25, -0.2) is 0 Å². The Morgan fingerprint density at radius 2 is 1.68 bits per heavy atom. The number of fused-ring (bicyclic) bond motifs is 7. The van der Waals surface area contributed by atoms with E-state index in [2.05, 4.69) is 46.0 Å². The van der Waals surface area contributed by atoms with Gasteiger partial charge in [0.15, 0.2) is 11.6 Å². The third-order valence-corrected chi connectivity index (χ3v) is 12.7. The normalized spacial score (nSPS) is 43.0. The molecule has 3 fully saturated rings. The minimum Gasteiger partial charge on any atom is -0.480 e. The first-order valence-corrected chi connectivity index (χ1v) is 14.8. The Balaban J connectivity index is 1.66. The van der Waals surface area contributed by atoms with Crippen molar-refractivity contribution in [2.45, 2.75) is 93.4 Å². The number of allylic oxidation sites excluding steroid dienone is 4. The van der Waals surface area contributed by atoms with E-state index >= 15 is 0 Å². The van der Waals surface area contributed by atoms with Gasteiger partial charge in [-0.1, -0.05) is 60.1 Å². The van der Waals surface area contributed by atoms with Gasteiger partial charge < -0.3 is 10.4 Å². The molecule has 0 spiro atoms. The van der Waals surface area contributed by atoms with Crippen LogP contribution in [0.4, 0.5) is 0 Å². The molecule has 5 rings (SSSR count). The molecule has 40 heavy (non-hydrogen) atoms. The molecule has 7 nitrogen and oxygen atoms in total. The van der Waals surface area contributed by atoms with Crippen molar-refractivity contribution in [2.24, 2.45) is 50.2 Å². The highest BCUT2D eigenvalue weighted by atomic mass is 16.4. The molecule has 5 aliphatic rings. The third kappa shape index (κ3) is 3.59. The molecule has 5 aliphatic carbocycles. The molecule has 0 saturated heterocycles. The van der Waals surface area contributed by atoms with E-state index in [1.807, 2.05) is 26.0 Å². The van der Waals surface area contributed by atoms with Crippen molar-refractivity contribution in [2.75, 3.05) is 6.54 Å². The summed E-state index contributed by atoms with van der Waals surface area (Å²) in [4.78, 5) is 52.8. The molecule has 1 amide bonds. The number of hydrogen-bond donors (Lipinski definition) is 2. The second-order valence-electron chi connectivity index (χ2n) is 15.5. The Bertz CT molecular complexity index is 1320. The summed E-state index contributed by atoms with van der Waals surface area (Å²) in [7, 11) is 0. The zero-order valence-electron chi connectivity index (χ0n) is 25.1. The Hall–Kier alpha value is -2.75. The standard InChI is InChI=1S/C33H44N2O5/c1-28(2)10-12-33(27(40)35-18-24(37)38)13-11-32(7)25(20(33)16-28)21(36)14-23-30(5)15-19(17-34)26(39)29(3,4)22(30)8-9-31(23,32)6/h14-15,20,22,25H,8-13,16,18H2,1-7H3,(H,35,40)(H,37,38)/t20?,22-,25?,30-,31+,32+,33-/m0/s1. The van der Waals surface area contributed by atoms with Gasteiger partial charge in [0.25, 0.3) is 0 Å². The summed E-state index contributed by atoms with van der Waals surface area (Å²) in [6.07, 6.45) is 8.87. The fraction of sp³-hybridized carbons (Fsp3) is 0.727. The number of rotatable bonds is 3. The molecule has 0 aliphatic heterocycles. The number of carbonyl (C=O) groups excluding carboxylic acids is 3. The molecule has 0 radical (unpaired) electrons. The monoisotopic (exact) mass is 548 g/mol. The average Bonchev–Trinajstić information content (AvgIpc) is 2.86. The van der Waals surface area contributed by atoms with Gasteiger partial charge in [-0.05, 0) is 79.1 Å². The molecular weight excluding hydrogens is 504 g/mol. The lowest BCUT2D eigenvalue weighted by Crippen LogP contribution is -2.66. The van der Waals surface area contributed by atoms with Crippen LogP contribution in [0.2, 0.25) is 0 Å². The van der Waals surface area contributed by atoms with Gasteiger partial charge >= 0.3 is 5.97 Å². The van der Waals surface area contributed by atoms with Crippen LogP contribution >= 0.6 is 0 Å². The minimum atomic E-state index is -1.07. The highest BCUT2D eigenvalue weighted by molar-refractivity contribution is 6.04. The molecular formula is C33H44N2O5. The Morgan fingerprint density at radius 3 is 2.30 bits per heavy atom. The second-order valence-corrected chi connectivity index (χ2v) is 15.5. The topological polar surface area (TPSA) is 124 Å². The van der Waals surface area contributed by atoms with E-state index in [4.69, 9.17) is 0 Å². The summed E-state index contributed by atoms with van der Waals surface area (Å²) >= 11 is 0. The van der Waals surface area contributed by atoms with Crippen LogP contribution in [0.3, 0.4) is 0 Å². The van der Waals surface area contributed by atoms with Crippen molar-refractivity contribution in [3.05, 3.63) is 23.3 Å². The van der Waals surface area contributed by atoms with Crippen molar-refractivity contribution in [3.63, 3.8) is 0 Å². The SMILES string of the molecule is CC1(C)CC[C@]2(C(=O)NCC(=O)O)CC[C@]3(C)C(C(=O)C=C4[C@@]5(C)C=C(C#N)C(=O)C(C)(C)[C@@H]5CC[C@]43C)C2C1. The van der Waals surface area contributed by atoms with Crippen molar-refractivity contribution in [1.29, 1.82) is 5.26 Å². The summed E-state index contributed by atoms with van der Waals surface area (Å²) in [5.74, 6) is -1.95. The zero-order chi connectivity index (χ0) is 29.7. The first-order chi connectivity index (χ1) is 18.4. The van der Waals surface area contributed by atoms with Crippen LogP contribution in [0.15, 0.2) is 23.3 Å². The predicted molar refractivity (Wildman–Crippen MR) is 150 cm³/mol. The number of nitriles is 1. The fourth-order valence-corrected chi connectivity index (χ4v) is 10.4. The lowest BCUT2D eigenvalue weighted by molar-refractivity contribution is -0.178. The number of carboxylic acid groups (broad SMARTS) is 1. The number of aliphatic carboxylic acids is 1. The van der Waals surface area contributed by atoms with Crippen LogP contribution in [0, 0.1) is 61.6 Å². The van der Waals surface area contributed by atoms with Gasteiger partial charge in [-0.15, -0.1) is 0 Å². The summed E-state index contributed by atoms with van der Waals surface area (Å²) in [5.41, 5.74) is -1.66. The highest BCUT2D eigenvalue weighted by Crippen LogP contribution is 2.74. The number of Topliss-reactive ketones (excluding diaryl/α,β-unsaturated/α-hetero) is 1. The second kappa shape index (κ2) is 8.63. The quantitative estimate of drug-likeness (QED) is 0.486. The average molecular weight is 549 g/mol. The number of nitrogens with zero attached hydrogens (tertiary/aromatic N) is 1. The van der Waals surface area contributed by atoms with Gasteiger partial charge in [-0.2, -0.15) is 5.26 Å². The summed E-state index contributed by atoms with van der Waals surface area (Å²) < 4.78 is 0. The Labute approximate surface area is 237 Å². The smallest absolute Gasteiger partial charge is 0.322 e. The lowest BCUT2D eigenvalue weighted by Gasteiger charge is -2.69. The summed E-state index contributed by atoms with van der Waals surface area (Å²) in [6.45, 7) is 14.5. The molecule has 7 heteroatoms. The van der Waals surface area contributed by atoms with E-state index < -0.39 is 34.2 Å². The highest BCUT2D eigenvalue weighted by Gasteiger charge is 2.70. The first kappa shape index (κ1) is 28.8. The molecule has 2 unspecified atom stereocenters. The number of nitrogens with one attached hydrogen (secondary N) is 1. The van der Waals surface area contributed by atoms with E-state index in [-0.39, 0.29) is 51.6 Å². The van der Waals surface area contributed by atoms with Crippen LogP contribution in [0.5, 0.6) is 0 Å². The maximum atomic E-state index is 14.5. The van der Waals surface area contributed by atoms with E-state index in [9.17, 15) is 29.5 Å². The van der Waals surface area contributed by atoms with Crippen LogP contribution in [-0.4, -0.2) is 35.1 Å². The third-order valence-electron chi connectivity index (χ3n) is 12.7. The number of carbonyl (C=O) groups is 4. The maximum Gasteiger partial charge on any atom is 0.322 e. The number of ketones is 2. The van der Waals surface area contributed by atoms with Gasteiger partial charge in [0.2, 0.25) is 5.91 Å². The minimum absolute atomic E-state index is 0.0185. The number of carboxylic acids is 1. The molecule has 3 saturated carbocycles. The molecule has 7 atom stereocenters. The van der Waals surface area contributed by atoms with E-state index in [1.165, 1.54) is 0 Å². The van der Waals surface area contributed by atoms with Gasteiger partial charge in [-0.3, -0.25) is 19.2 Å². The van der Waals surface area contributed by atoms with Gasteiger partial charge in [0.05, 0.1) is 11.0 Å². The molecule has 0 bridgehead atoms. The van der Waals surface area contributed by atoms with E-state index in [1.54, 1.807) is 0 Å². The van der Waals surface area contributed by atoms with Crippen LogP contribution in [0.25, 0.3) is 0 Å². The largest absolute Gasteiger partial charge is 0.480 e. The predicted octanol–water partition coefficient (Wildman–Crippen LogP) is 5.41. The van der Waals surface area contributed by atoms with Crippen molar-refractivity contribution < 1.29 is 24.3 Å². The van der Waals surface area contributed by atoms with Crippen molar-refractivity contribution >= 4 is 23.4 Å². The van der Waals surface area contributed by atoms with Crippen molar-refractivity contribution in [1.82, 2.24) is 5.32 Å². The molecule has 0 aromatic heterocycles. The molecule has 0 aromatic carbocycles. The van der Waals surface area contributed by atoms with Gasteiger partial charge in [0.1, 0.15) is 12.6 Å². The zero-order valence-corrected chi connectivity index (χ0v) is 25.1. The molecule has 0 heterocycles. The fourth-order valence-electron chi connectivity index (χ4n) is 10.4. The number of amides is 1. The maximum absolute atomic E-state index is 14.5. The van der Waals surface area contributed by atoms with E-state index in [0.717, 1.165) is 31.3 Å². The lowest BCUT2D eigenvalue weighted by atomic mass is 9.34. The van der Waals surface area contributed by atoms with E-state index in [0.29, 0.717) is 19.3 Å². The summed E-state index contributed by atoms with van der Waals surface area (Å²) in [5, 5.41) is 21.8. The Kier molecular flexibility index (Phi) is 6.21. The summed E-state index contributed by atoms with van der Waals surface area (Å²) in [6, 6.07) is 2.15.